The Morgan fingerprint density at radius 1 is 0.485 bits per heavy atom. The first kappa shape index (κ1) is 28.8. The number of nitrogens with one attached hydrogen (secondary N) is 1. The van der Waals surface area contributed by atoms with Crippen LogP contribution in [0, 0.1) is 0 Å². The van der Waals surface area contributed by atoms with E-state index in [1.54, 1.807) is 0 Å². The van der Waals surface area contributed by atoms with E-state index >= 15 is 0 Å². The SMILES string of the molecule is CC(O)CN1CN(CCNCCN2CN(CC(C)O)CN(CC(C)O)C2)CN(CC(C)O)C1. The van der Waals surface area contributed by atoms with E-state index in [2.05, 4.69) is 34.7 Å². The normalized spacial score (nSPS) is 24.7. The molecular formula is C22H49N7O4. The Bertz CT molecular complexity index is 447. The molecule has 0 amide bonds. The molecule has 0 aromatic heterocycles. The Balaban J connectivity index is 1.73. The number of hydrogen-bond acceptors (Lipinski definition) is 11. The van der Waals surface area contributed by atoms with Gasteiger partial charge in [0.25, 0.3) is 0 Å². The van der Waals surface area contributed by atoms with E-state index in [-0.39, 0.29) is 24.4 Å². The fourth-order valence-corrected chi connectivity index (χ4v) is 4.80. The number of hydrogen-bond donors (Lipinski definition) is 5. The summed E-state index contributed by atoms with van der Waals surface area (Å²) in [7, 11) is 0. The fourth-order valence-electron chi connectivity index (χ4n) is 4.80. The lowest BCUT2D eigenvalue weighted by atomic mass is 10.3. The van der Waals surface area contributed by atoms with E-state index < -0.39 is 0 Å². The third kappa shape index (κ3) is 12.2. The monoisotopic (exact) mass is 475 g/mol. The molecular weight excluding hydrogens is 426 g/mol. The van der Waals surface area contributed by atoms with Gasteiger partial charge in [-0.25, -0.2) is 0 Å². The molecule has 0 aliphatic carbocycles. The molecule has 2 aliphatic heterocycles. The first-order chi connectivity index (χ1) is 15.6. The van der Waals surface area contributed by atoms with Gasteiger partial charge in [0.15, 0.2) is 0 Å². The quantitative estimate of drug-likeness (QED) is 0.175. The van der Waals surface area contributed by atoms with Crippen molar-refractivity contribution in [3.8, 4) is 0 Å². The van der Waals surface area contributed by atoms with Crippen LogP contribution in [0.5, 0.6) is 0 Å². The minimum atomic E-state index is -0.372. The molecule has 0 bridgehead atoms. The predicted octanol–water partition coefficient (Wildman–Crippen LogP) is -2.32. The Morgan fingerprint density at radius 3 is 0.970 bits per heavy atom. The van der Waals surface area contributed by atoms with E-state index in [0.717, 1.165) is 66.2 Å². The summed E-state index contributed by atoms with van der Waals surface area (Å²) in [6, 6.07) is 0. The van der Waals surface area contributed by atoms with Crippen LogP contribution >= 0.6 is 0 Å². The molecule has 0 spiro atoms. The van der Waals surface area contributed by atoms with Crippen LogP contribution in [-0.4, -0.2) is 167 Å². The number of aliphatic hydroxyl groups excluding tert-OH is 4. The topological polar surface area (TPSA) is 112 Å². The van der Waals surface area contributed by atoms with Gasteiger partial charge in [-0.1, -0.05) is 0 Å². The van der Waals surface area contributed by atoms with Crippen LogP contribution in [0.3, 0.4) is 0 Å². The van der Waals surface area contributed by atoms with Gasteiger partial charge in [0.1, 0.15) is 0 Å². The molecule has 2 saturated heterocycles. The second kappa shape index (κ2) is 14.8. The van der Waals surface area contributed by atoms with Crippen LogP contribution in [0.25, 0.3) is 0 Å². The van der Waals surface area contributed by atoms with Gasteiger partial charge in [0, 0.05) is 52.4 Å². The van der Waals surface area contributed by atoms with Crippen LogP contribution in [0.15, 0.2) is 0 Å². The van der Waals surface area contributed by atoms with Crippen molar-refractivity contribution in [2.45, 2.75) is 52.1 Å². The molecule has 0 saturated carbocycles. The average Bonchev–Trinajstić information content (AvgIpc) is 2.65. The minimum Gasteiger partial charge on any atom is -0.392 e. The molecule has 5 N–H and O–H groups in total. The lowest BCUT2D eigenvalue weighted by Gasteiger charge is -2.43. The van der Waals surface area contributed by atoms with Crippen LogP contribution in [0.4, 0.5) is 0 Å². The molecule has 11 nitrogen and oxygen atoms in total. The standard InChI is InChI=1S/C22H49N7O4/c1-19(30)9-26-13-24(14-27(17-26)10-20(2)31)7-5-23-6-8-25-15-28(11-21(3)32)18-29(16-25)12-22(4)33/h19-23,30-33H,5-18H2,1-4H3. The predicted molar refractivity (Wildman–Crippen MR) is 129 cm³/mol. The van der Waals surface area contributed by atoms with Crippen molar-refractivity contribution < 1.29 is 20.4 Å². The third-order valence-corrected chi connectivity index (χ3v) is 5.70. The second-order valence-electron chi connectivity index (χ2n) is 10.2. The highest BCUT2D eigenvalue weighted by molar-refractivity contribution is 4.75. The van der Waals surface area contributed by atoms with Crippen LogP contribution in [0.1, 0.15) is 27.7 Å². The third-order valence-electron chi connectivity index (χ3n) is 5.70. The number of nitrogens with zero attached hydrogens (tertiary/aromatic N) is 6. The molecule has 33 heavy (non-hydrogen) atoms. The van der Waals surface area contributed by atoms with Gasteiger partial charge < -0.3 is 25.7 Å². The van der Waals surface area contributed by atoms with Crippen molar-refractivity contribution in [1.82, 2.24) is 34.7 Å². The first-order valence-corrected chi connectivity index (χ1v) is 12.4. The van der Waals surface area contributed by atoms with Crippen molar-refractivity contribution in [3.63, 3.8) is 0 Å². The highest BCUT2D eigenvalue weighted by Gasteiger charge is 2.26. The van der Waals surface area contributed by atoms with Crippen molar-refractivity contribution >= 4 is 0 Å². The van der Waals surface area contributed by atoms with Gasteiger partial charge in [0.2, 0.25) is 0 Å². The smallest absolute Gasteiger partial charge is 0.0640 e. The lowest BCUT2D eigenvalue weighted by Crippen LogP contribution is -2.58. The van der Waals surface area contributed by atoms with Crippen molar-refractivity contribution in [1.29, 1.82) is 0 Å². The van der Waals surface area contributed by atoms with E-state index in [9.17, 15) is 20.4 Å². The summed E-state index contributed by atoms with van der Waals surface area (Å²) in [5.41, 5.74) is 0. The Kier molecular flexibility index (Phi) is 13.0. The summed E-state index contributed by atoms with van der Waals surface area (Å²) in [4.78, 5) is 13.6. The zero-order valence-corrected chi connectivity index (χ0v) is 21.2. The average molecular weight is 476 g/mol. The maximum atomic E-state index is 9.78. The van der Waals surface area contributed by atoms with Crippen molar-refractivity contribution in [3.05, 3.63) is 0 Å². The van der Waals surface area contributed by atoms with Gasteiger partial charge in [-0.3, -0.25) is 29.4 Å². The van der Waals surface area contributed by atoms with Crippen LogP contribution in [-0.2, 0) is 0 Å². The summed E-state index contributed by atoms with van der Waals surface area (Å²) >= 11 is 0. The Morgan fingerprint density at radius 2 is 0.727 bits per heavy atom. The van der Waals surface area contributed by atoms with Gasteiger partial charge in [-0.15, -0.1) is 0 Å². The van der Waals surface area contributed by atoms with Crippen LogP contribution in [0.2, 0.25) is 0 Å². The Labute approximate surface area is 200 Å². The zero-order valence-electron chi connectivity index (χ0n) is 21.2. The summed E-state index contributed by atoms with van der Waals surface area (Å²) in [5.74, 6) is 0. The Hall–Kier alpha value is -0.440. The molecule has 11 heteroatoms. The van der Waals surface area contributed by atoms with Crippen molar-refractivity contribution in [2.75, 3.05) is 92.4 Å². The molecule has 0 aromatic rings. The maximum absolute atomic E-state index is 9.78. The fraction of sp³-hybridized carbons (Fsp3) is 1.00. The molecule has 0 radical (unpaired) electrons. The minimum absolute atomic E-state index is 0.372. The van der Waals surface area contributed by atoms with Crippen molar-refractivity contribution in [2.24, 2.45) is 0 Å². The van der Waals surface area contributed by atoms with Gasteiger partial charge in [-0.2, -0.15) is 0 Å². The van der Waals surface area contributed by atoms with Gasteiger partial charge >= 0.3 is 0 Å². The van der Waals surface area contributed by atoms with Crippen LogP contribution < -0.4 is 5.32 Å². The molecule has 2 rings (SSSR count). The first-order valence-electron chi connectivity index (χ1n) is 12.4. The second-order valence-corrected chi connectivity index (χ2v) is 10.2. The van der Waals surface area contributed by atoms with Gasteiger partial charge in [0.05, 0.1) is 64.4 Å². The maximum Gasteiger partial charge on any atom is 0.0640 e. The zero-order chi connectivity index (χ0) is 24.4. The lowest BCUT2D eigenvalue weighted by molar-refractivity contribution is -0.0577. The van der Waals surface area contributed by atoms with E-state index in [1.165, 1.54) is 0 Å². The van der Waals surface area contributed by atoms with E-state index in [4.69, 9.17) is 0 Å². The largest absolute Gasteiger partial charge is 0.392 e. The van der Waals surface area contributed by atoms with E-state index in [0.29, 0.717) is 26.2 Å². The molecule has 2 fully saturated rings. The van der Waals surface area contributed by atoms with Gasteiger partial charge in [-0.05, 0) is 27.7 Å². The summed E-state index contributed by atoms with van der Waals surface area (Å²) in [6.07, 6.45) is -1.49. The highest BCUT2D eigenvalue weighted by Crippen LogP contribution is 2.10. The van der Waals surface area contributed by atoms with E-state index in [1.807, 2.05) is 27.7 Å². The molecule has 4 unspecified atom stereocenters. The highest BCUT2D eigenvalue weighted by atomic mass is 16.3. The summed E-state index contributed by atoms with van der Waals surface area (Å²) in [5, 5.41) is 42.7. The number of rotatable bonds is 14. The molecule has 196 valence electrons. The molecule has 4 atom stereocenters. The summed E-state index contributed by atoms with van der Waals surface area (Å²) in [6.45, 7) is 18.1. The molecule has 2 heterocycles. The molecule has 2 aliphatic rings. The summed E-state index contributed by atoms with van der Waals surface area (Å²) < 4.78 is 0. The number of β-amino-alcohol motifs (C(OH)–C–C–N with tert-alkyl or cyclic N) is 4. The number of aliphatic hydroxyl groups is 4. The molecule has 0 aromatic carbocycles.